The van der Waals surface area contributed by atoms with E-state index >= 15 is 0 Å². The maximum absolute atomic E-state index is 12.3. The van der Waals surface area contributed by atoms with Crippen molar-refractivity contribution >= 4 is 17.2 Å². The zero-order valence-corrected chi connectivity index (χ0v) is 10.3. The summed E-state index contributed by atoms with van der Waals surface area (Å²) in [6, 6.07) is 0. The summed E-state index contributed by atoms with van der Waals surface area (Å²) in [6.07, 6.45) is 3.99. The summed E-state index contributed by atoms with van der Waals surface area (Å²) in [6.45, 7) is 3.86. The van der Waals surface area contributed by atoms with Gasteiger partial charge in [-0.25, -0.2) is 4.98 Å². The van der Waals surface area contributed by atoms with Crippen LogP contribution in [0.5, 0.6) is 0 Å². The maximum Gasteiger partial charge on any atom is 0.265 e. The minimum absolute atomic E-state index is 0.203. The van der Waals surface area contributed by atoms with Crippen LogP contribution in [0.3, 0.4) is 0 Å². The molecular formula is C12H16N2OS. The standard InChI is InChI=1S/C12H16N2OS/c1-8-11(16-7-13-8)12(15)14-5-9-3-2-4-10(9)6-14/h7,9-10H,2-6H2,1H3. The number of hydrogen-bond acceptors (Lipinski definition) is 3. The van der Waals surface area contributed by atoms with Gasteiger partial charge in [0.2, 0.25) is 0 Å². The van der Waals surface area contributed by atoms with Crippen molar-refractivity contribution in [2.45, 2.75) is 26.2 Å². The van der Waals surface area contributed by atoms with E-state index in [-0.39, 0.29) is 5.91 Å². The summed E-state index contributed by atoms with van der Waals surface area (Å²) in [7, 11) is 0. The predicted octanol–water partition coefficient (Wildman–Crippen LogP) is 2.32. The van der Waals surface area contributed by atoms with Crippen LogP contribution in [0.4, 0.5) is 0 Å². The Morgan fingerprint density at radius 3 is 2.69 bits per heavy atom. The SMILES string of the molecule is Cc1ncsc1C(=O)N1CC2CCCC2C1. The number of hydrogen-bond donors (Lipinski definition) is 0. The first kappa shape index (κ1) is 10.3. The Morgan fingerprint density at radius 2 is 2.12 bits per heavy atom. The minimum atomic E-state index is 0.203. The molecule has 1 aromatic heterocycles. The second-order valence-electron chi connectivity index (χ2n) is 4.93. The zero-order chi connectivity index (χ0) is 11.1. The normalized spacial score (nSPS) is 28.4. The fourth-order valence-corrected chi connectivity index (χ4v) is 3.82. The van der Waals surface area contributed by atoms with E-state index in [2.05, 4.69) is 4.98 Å². The molecule has 2 atom stereocenters. The Hall–Kier alpha value is -0.900. The molecule has 4 heteroatoms. The van der Waals surface area contributed by atoms with Crippen molar-refractivity contribution < 1.29 is 4.79 Å². The summed E-state index contributed by atoms with van der Waals surface area (Å²) in [5.41, 5.74) is 2.64. The van der Waals surface area contributed by atoms with Gasteiger partial charge in [0, 0.05) is 13.1 Å². The highest BCUT2D eigenvalue weighted by molar-refractivity contribution is 7.11. The Kier molecular flexibility index (Phi) is 2.46. The molecule has 16 heavy (non-hydrogen) atoms. The van der Waals surface area contributed by atoms with Gasteiger partial charge in [0.1, 0.15) is 4.88 Å². The van der Waals surface area contributed by atoms with Crippen molar-refractivity contribution in [3.05, 3.63) is 16.1 Å². The highest BCUT2D eigenvalue weighted by Crippen LogP contribution is 2.38. The summed E-state index contributed by atoms with van der Waals surface area (Å²) < 4.78 is 0. The molecule has 0 radical (unpaired) electrons. The first-order valence-corrected chi connectivity index (χ1v) is 6.83. The number of amides is 1. The third kappa shape index (κ3) is 1.56. The molecule has 1 amide bonds. The number of aryl methyl sites for hydroxylation is 1. The van der Waals surface area contributed by atoms with Crippen LogP contribution in [0.1, 0.15) is 34.6 Å². The molecule has 1 saturated heterocycles. The van der Waals surface area contributed by atoms with Gasteiger partial charge in [0.25, 0.3) is 5.91 Å². The predicted molar refractivity (Wildman–Crippen MR) is 63.6 cm³/mol. The van der Waals surface area contributed by atoms with E-state index < -0.39 is 0 Å². The molecular weight excluding hydrogens is 220 g/mol. The quantitative estimate of drug-likeness (QED) is 0.749. The third-order valence-corrected chi connectivity index (χ3v) is 4.87. The first-order chi connectivity index (χ1) is 7.75. The number of thiazole rings is 1. The molecule has 86 valence electrons. The van der Waals surface area contributed by atoms with Gasteiger partial charge in [-0.3, -0.25) is 4.79 Å². The molecule has 0 aromatic carbocycles. The van der Waals surface area contributed by atoms with Crippen molar-refractivity contribution in [1.29, 1.82) is 0 Å². The van der Waals surface area contributed by atoms with Crippen LogP contribution in [-0.4, -0.2) is 28.9 Å². The molecule has 1 saturated carbocycles. The minimum Gasteiger partial charge on any atom is -0.337 e. The number of nitrogens with zero attached hydrogens (tertiary/aromatic N) is 2. The average molecular weight is 236 g/mol. The van der Waals surface area contributed by atoms with Crippen molar-refractivity contribution in [3.8, 4) is 0 Å². The molecule has 3 rings (SSSR count). The third-order valence-electron chi connectivity index (χ3n) is 3.95. The topological polar surface area (TPSA) is 33.2 Å². The first-order valence-electron chi connectivity index (χ1n) is 5.95. The van der Waals surface area contributed by atoms with Crippen molar-refractivity contribution in [1.82, 2.24) is 9.88 Å². The average Bonchev–Trinajstić information content (AvgIpc) is 2.89. The number of carbonyl (C=O) groups is 1. The molecule has 1 aliphatic heterocycles. The lowest BCUT2D eigenvalue weighted by Gasteiger charge is -2.16. The fourth-order valence-electron chi connectivity index (χ4n) is 3.05. The molecule has 2 unspecified atom stereocenters. The van der Waals surface area contributed by atoms with Crippen molar-refractivity contribution in [2.75, 3.05) is 13.1 Å². The lowest BCUT2D eigenvalue weighted by molar-refractivity contribution is 0.0784. The number of likely N-dealkylation sites (tertiary alicyclic amines) is 1. The van der Waals surface area contributed by atoms with Gasteiger partial charge in [0.15, 0.2) is 0 Å². The lowest BCUT2D eigenvalue weighted by atomic mass is 10.0. The molecule has 1 aromatic rings. The van der Waals surface area contributed by atoms with Crippen LogP contribution in [0.2, 0.25) is 0 Å². The van der Waals surface area contributed by atoms with E-state index in [1.165, 1.54) is 30.6 Å². The van der Waals surface area contributed by atoms with E-state index in [9.17, 15) is 4.79 Å². The van der Waals surface area contributed by atoms with Crippen LogP contribution in [0.15, 0.2) is 5.51 Å². The monoisotopic (exact) mass is 236 g/mol. The Morgan fingerprint density at radius 1 is 1.44 bits per heavy atom. The zero-order valence-electron chi connectivity index (χ0n) is 9.48. The van der Waals surface area contributed by atoms with Crippen molar-refractivity contribution in [3.63, 3.8) is 0 Å². The van der Waals surface area contributed by atoms with E-state index in [1.807, 2.05) is 11.8 Å². The molecule has 2 fully saturated rings. The van der Waals surface area contributed by atoms with Crippen LogP contribution < -0.4 is 0 Å². The number of fused-ring (bicyclic) bond motifs is 1. The van der Waals surface area contributed by atoms with Gasteiger partial charge < -0.3 is 4.90 Å². The largest absolute Gasteiger partial charge is 0.337 e. The van der Waals surface area contributed by atoms with Crippen molar-refractivity contribution in [2.24, 2.45) is 11.8 Å². The van der Waals surface area contributed by atoms with Crippen LogP contribution >= 0.6 is 11.3 Å². The second-order valence-corrected chi connectivity index (χ2v) is 5.78. The molecule has 1 aliphatic carbocycles. The van der Waals surface area contributed by atoms with Crippen LogP contribution in [0, 0.1) is 18.8 Å². The Bertz CT molecular complexity index is 403. The number of aromatic nitrogens is 1. The molecule has 0 N–H and O–H groups in total. The second kappa shape index (κ2) is 3.84. The summed E-state index contributed by atoms with van der Waals surface area (Å²) >= 11 is 1.47. The number of rotatable bonds is 1. The van der Waals surface area contributed by atoms with Crippen LogP contribution in [-0.2, 0) is 0 Å². The van der Waals surface area contributed by atoms with Crippen LogP contribution in [0.25, 0.3) is 0 Å². The summed E-state index contributed by atoms with van der Waals surface area (Å²) in [5.74, 6) is 1.75. The van der Waals surface area contributed by atoms with E-state index in [4.69, 9.17) is 0 Å². The molecule has 3 nitrogen and oxygen atoms in total. The Balaban J connectivity index is 1.75. The highest BCUT2D eigenvalue weighted by atomic mass is 32.1. The summed E-state index contributed by atoms with van der Waals surface area (Å²) in [4.78, 5) is 19.3. The molecule has 2 aliphatic rings. The lowest BCUT2D eigenvalue weighted by Crippen LogP contribution is -2.29. The molecule has 0 bridgehead atoms. The van der Waals surface area contributed by atoms with E-state index in [0.717, 1.165) is 35.5 Å². The smallest absolute Gasteiger partial charge is 0.265 e. The maximum atomic E-state index is 12.3. The van der Waals surface area contributed by atoms with Gasteiger partial charge in [-0.15, -0.1) is 11.3 Å². The van der Waals surface area contributed by atoms with Gasteiger partial charge in [-0.05, 0) is 31.6 Å². The van der Waals surface area contributed by atoms with E-state index in [1.54, 1.807) is 5.51 Å². The fraction of sp³-hybridized carbons (Fsp3) is 0.667. The summed E-state index contributed by atoms with van der Waals surface area (Å²) in [5, 5.41) is 0. The molecule has 0 spiro atoms. The van der Waals surface area contributed by atoms with E-state index in [0.29, 0.717) is 0 Å². The van der Waals surface area contributed by atoms with Gasteiger partial charge in [0.05, 0.1) is 11.2 Å². The van der Waals surface area contributed by atoms with Gasteiger partial charge in [-0.1, -0.05) is 6.42 Å². The Labute approximate surface area is 99.5 Å². The van der Waals surface area contributed by atoms with Gasteiger partial charge >= 0.3 is 0 Å². The number of carbonyl (C=O) groups excluding carboxylic acids is 1. The highest BCUT2D eigenvalue weighted by Gasteiger charge is 2.38. The molecule has 2 heterocycles. The van der Waals surface area contributed by atoms with Gasteiger partial charge in [-0.2, -0.15) is 0 Å².